The predicted octanol–water partition coefficient (Wildman–Crippen LogP) is 2.39. The van der Waals surface area contributed by atoms with Crippen LogP contribution in [0, 0.1) is 0 Å². The van der Waals surface area contributed by atoms with E-state index in [2.05, 4.69) is 5.32 Å². The maximum Gasteiger partial charge on any atom is 0.325 e. The van der Waals surface area contributed by atoms with E-state index in [1.54, 1.807) is 39.2 Å². The van der Waals surface area contributed by atoms with Gasteiger partial charge in [0.25, 0.3) is 0 Å². The lowest BCUT2D eigenvalue weighted by Gasteiger charge is -2.23. The van der Waals surface area contributed by atoms with Crippen LogP contribution in [0.15, 0.2) is 18.2 Å². The van der Waals surface area contributed by atoms with Crippen LogP contribution in [0.5, 0.6) is 5.75 Å². The van der Waals surface area contributed by atoms with Crippen molar-refractivity contribution in [2.24, 2.45) is 0 Å². The highest BCUT2D eigenvalue weighted by Gasteiger charge is 2.28. The van der Waals surface area contributed by atoms with E-state index in [0.717, 1.165) is 11.3 Å². The monoisotopic (exact) mass is 271 g/mol. The fourth-order valence-corrected chi connectivity index (χ4v) is 1.72. The summed E-state index contributed by atoms with van der Waals surface area (Å²) < 4.78 is 9.96. The summed E-state index contributed by atoms with van der Waals surface area (Å²) in [4.78, 5) is 11.5. The van der Waals surface area contributed by atoms with Gasteiger partial charge in [0.05, 0.1) is 14.2 Å². The molecule has 4 nitrogen and oxygen atoms in total. The molecule has 0 atom stereocenters. The first-order chi connectivity index (χ1) is 8.40. The van der Waals surface area contributed by atoms with Crippen molar-refractivity contribution < 1.29 is 14.3 Å². The van der Waals surface area contributed by atoms with Gasteiger partial charge in [-0.1, -0.05) is 11.6 Å². The van der Waals surface area contributed by atoms with Crippen LogP contribution in [-0.4, -0.2) is 25.7 Å². The molecular formula is C13H18ClNO3. The second kappa shape index (κ2) is 6.07. The number of halogens is 1. The number of ether oxygens (including phenoxy) is 2. The van der Waals surface area contributed by atoms with Gasteiger partial charge in [-0.15, -0.1) is 0 Å². The third-order valence-corrected chi connectivity index (χ3v) is 2.89. The molecule has 0 aromatic heterocycles. The average Bonchev–Trinajstić information content (AvgIpc) is 2.35. The van der Waals surface area contributed by atoms with Crippen molar-refractivity contribution in [2.45, 2.75) is 25.9 Å². The Morgan fingerprint density at radius 1 is 1.39 bits per heavy atom. The zero-order valence-electron chi connectivity index (χ0n) is 11.0. The molecule has 100 valence electrons. The van der Waals surface area contributed by atoms with Gasteiger partial charge in [-0.3, -0.25) is 10.1 Å². The molecule has 0 radical (unpaired) electrons. The number of hydrogen-bond acceptors (Lipinski definition) is 4. The molecule has 0 fully saturated rings. The highest BCUT2D eigenvalue weighted by atomic mass is 35.5. The summed E-state index contributed by atoms with van der Waals surface area (Å²) in [6.07, 6.45) is 0. The molecule has 0 heterocycles. The Bertz CT molecular complexity index is 432. The van der Waals surface area contributed by atoms with Crippen LogP contribution in [0.3, 0.4) is 0 Å². The summed E-state index contributed by atoms with van der Waals surface area (Å²) in [5.41, 5.74) is 0.129. The number of benzene rings is 1. The van der Waals surface area contributed by atoms with Crippen molar-refractivity contribution >= 4 is 17.6 Å². The number of nitrogens with one attached hydrogen (secondary N) is 1. The van der Waals surface area contributed by atoms with E-state index in [4.69, 9.17) is 21.1 Å². The van der Waals surface area contributed by atoms with Gasteiger partial charge in [-0.2, -0.15) is 0 Å². The van der Waals surface area contributed by atoms with Crippen molar-refractivity contribution in [3.8, 4) is 5.75 Å². The van der Waals surface area contributed by atoms with Crippen LogP contribution in [0.1, 0.15) is 19.4 Å². The summed E-state index contributed by atoms with van der Waals surface area (Å²) in [5, 5.41) is 3.74. The smallest absolute Gasteiger partial charge is 0.325 e. The van der Waals surface area contributed by atoms with Crippen molar-refractivity contribution in [2.75, 3.05) is 14.2 Å². The quantitative estimate of drug-likeness (QED) is 0.836. The Balaban J connectivity index is 2.80. The molecule has 0 aliphatic heterocycles. The molecule has 0 unspecified atom stereocenters. The maximum atomic E-state index is 11.5. The van der Waals surface area contributed by atoms with Crippen LogP contribution in [0.25, 0.3) is 0 Å². The van der Waals surface area contributed by atoms with Crippen molar-refractivity contribution in [1.82, 2.24) is 5.32 Å². The minimum atomic E-state index is -0.762. The minimum Gasteiger partial charge on any atom is -0.496 e. The highest BCUT2D eigenvalue weighted by Crippen LogP contribution is 2.23. The first-order valence-electron chi connectivity index (χ1n) is 5.56. The first-order valence-corrected chi connectivity index (χ1v) is 5.94. The number of esters is 1. The van der Waals surface area contributed by atoms with Crippen LogP contribution in [0.4, 0.5) is 0 Å². The van der Waals surface area contributed by atoms with E-state index in [9.17, 15) is 4.79 Å². The fraction of sp³-hybridized carbons (Fsp3) is 0.462. The molecule has 18 heavy (non-hydrogen) atoms. The topological polar surface area (TPSA) is 47.6 Å². The molecule has 5 heteroatoms. The second-order valence-corrected chi connectivity index (χ2v) is 4.86. The standard InChI is InChI=1S/C13H18ClNO3/c1-13(2,12(16)18-4)15-8-9-7-10(14)5-6-11(9)17-3/h5-7,15H,8H2,1-4H3. The van der Waals surface area contributed by atoms with Gasteiger partial charge in [-0.05, 0) is 32.0 Å². The third-order valence-electron chi connectivity index (χ3n) is 2.66. The van der Waals surface area contributed by atoms with Crippen molar-refractivity contribution in [1.29, 1.82) is 0 Å². The van der Waals surface area contributed by atoms with Gasteiger partial charge in [0.2, 0.25) is 0 Å². The average molecular weight is 272 g/mol. The molecule has 1 aromatic carbocycles. The molecule has 0 aliphatic carbocycles. The molecule has 1 aromatic rings. The number of rotatable bonds is 5. The maximum absolute atomic E-state index is 11.5. The molecular weight excluding hydrogens is 254 g/mol. The van der Waals surface area contributed by atoms with Gasteiger partial charge in [0.1, 0.15) is 11.3 Å². The highest BCUT2D eigenvalue weighted by molar-refractivity contribution is 6.30. The Morgan fingerprint density at radius 2 is 2.06 bits per heavy atom. The molecule has 0 amide bonds. The Morgan fingerprint density at radius 3 is 2.61 bits per heavy atom. The van der Waals surface area contributed by atoms with E-state index >= 15 is 0 Å². The van der Waals surface area contributed by atoms with E-state index in [-0.39, 0.29) is 5.97 Å². The predicted molar refractivity (Wildman–Crippen MR) is 70.9 cm³/mol. The van der Waals surface area contributed by atoms with Gasteiger partial charge in [0.15, 0.2) is 0 Å². The van der Waals surface area contributed by atoms with Gasteiger partial charge >= 0.3 is 5.97 Å². The van der Waals surface area contributed by atoms with Gasteiger partial charge < -0.3 is 9.47 Å². The Labute approximate surface area is 112 Å². The molecule has 0 saturated carbocycles. The summed E-state index contributed by atoms with van der Waals surface area (Å²) in [5.74, 6) is 0.413. The molecule has 0 spiro atoms. The lowest BCUT2D eigenvalue weighted by Crippen LogP contribution is -2.47. The first kappa shape index (κ1) is 14.8. The molecule has 0 saturated heterocycles. The zero-order chi connectivity index (χ0) is 13.8. The number of carbonyl (C=O) groups excluding carboxylic acids is 1. The molecule has 0 aliphatic rings. The Hall–Kier alpha value is -1.26. The van der Waals surface area contributed by atoms with Crippen LogP contribution >= 0.6 is 11.6 Å². The van der Waals surface area contributed by atoms with Gasteiger partial charge in [0, 0.05) is 17.1 Å². The number of methoxy groups -OCH3 is 2. The largest absolute Gasteiger partial charge is 0.496 e. The van der Waals surface area contributed by atoms with Crippen LogP contribution in [-0.2, 0) is 16.1 Å². The number of hydrogen-bond donors (Lipinski definition) is 1. The van der Waals surface area contributed by atoms with Crippen LogP contribution < -0.4 is 10.1 Å². The lowest BCUT2D eigenvalue weighted by atomic mass is 10.1. The summed E-state index contributed by atoms with van der Waals surface area (Å²) in [6, 6.07) is 5.36. The zero-order valence-corrected chi connectivity index (χ0v) is 11.8. The molecule has 1 N–H and O–H groups in total. The second-order valence-electron chi connectivity index (χ2n) is 4.43. The van der Waals surface area contributed by atoms with Crippen molar-refractivity contribution in [3.05, 3.63) is 28.8 Å². The Kier molecular flexibility index (Phi) is 4.99. The van der Waals surface area contributed by atoms with E-state index < -0.39 is 5.54 Å². The summed E-state index contributed by atoms with van der Waals surface area (Å²) in [6.45, 7) is 3.98. The lowest BCUT2D eigenvalue weighted by molar-refractivity contribution is -0.147. The minimum absolute atomic E-state index is 0.316. The van der Waals surface area contributed by atoms with Crippen LogP contribution in [0.2, 0.25) is 5.02 Å². The van der Waals surface area contributed by atoms with E-state index in [0.29, 0.717) is 11.6 Å². The molecule has 1 rings (SSSR count). The van der Waals surface area contributed by atoms with Gasteiger partial charge in [-0.25, -0.2) is 0 Å². The summed E-state index contributed by atoms with van der Waals surface area (Å²) in [7, 11) is 2.96. The van der Waals surface area contributed by atoms with E-state index in [1.807, 2.05) is 0 Å². The fourth-order valence-electron chi connectivity index (χ4n) is 1.53. The van der Waals surface area contributed by atoms with E-state index in [1.165, 1.54) is 7.11 Å². The van der Waals surface area contributed by atoms with Crippen molar-refractivity contribution in [3.63, 3.8) is 0 Å². The third kappa shape index (κ3) is 3.62. The molecule has 0 bridgehead atoms. The summed E-state index contributed by atoms with van der Waals surface area (Å²) >= 11 is 5.94. The number of carbonyl (C=O) groups is 1. The SMILES string of the molecule is COC(=O)C(C)(C)NCc1cc(Cl)ccc1OC. The normalized spacial score (nSPS) is 11.2.